The van der Waals surface area contributed by atoms with E-state index in [-0.39, 0.29) is 12.5 Å². The van der Waals surface area contributed by atoms with Crippen molar-refractivity contribution in [3.8, 4) is 11.3 Å². The zero-order chi connectivity index (χ0) is 27.8. The molecule has 1 saturated heterocycles. The Hall–Kier alpha value is -3.77. The first kappa shape index (κ1) is 28.8. The van der Waals surface area contributed by atoms with Gasteiger partial charge in [-0.15, -0.1) is 5.10 Å². The van der Waals surface area contributed by atoms with E-state index >= 15 is 0 Å². The molecule has 1 aliphatic heterocycles. The molecule has 0 aliphatic carbocycles. The number of rotatable bonds is 7. The predicted molar refractivity (Wildman–Crippen MR) is 141 cm³/mol. The average Bonchev–Trinajstić information content (AvgIpc) is 3.34. The van der Waals surface area contributed by atoms with E-state index in [1.165, 1.54) is 18.7 Å². The molecule has 1 amide bonds. The van der Waals surface area contributed by atoms with Crippen LogP contribution in [0, 0.1) is 12.8 Å². The molecule has 0 aromatic carbocycles. The molecule has 206 valence electrons. The highest BCUT2D eigenvalue weighted by atomic mass is 19.1. The smallest absolute Gasteiger partial charge is 0.243 e. The summed E-state index contributed by atoms with van der Waals surface area (Å²) in [6.07, 6.45) is 1.11. The molecule has 3 aromatic heterocycles. The highest BCUT2D eigenvalue weighted by Gasteiger charge is 2.31. The Morgan fingerprint density at radius 1 is 1.24 bits per heavy atom. The van der Waals surface area contributed by atoms with Gasteiger partial charge in [-0.1, -0.05) is 6.92 Å². The van der Waals surface area contributed by atoms with Crippen LogP contribution < -0.4 is 10.6 Å². The number of halogens is 3. The van der Waals surface area contributed by atoms with Gasteiger partial charge in [0.2, 0.25) is 11.9 Å². The molecular formula is C25H34F3N9O. The van der Waals surface area contributed by atoms with E-state index in [0.717, 1.165) is 22.5 Å². The molecule has 0 spiro atoms. The fraction of sp³-hybridized carbons (Fsp3) is 0.520. The number of likely N-dealkylation sites (tertiary alicyclic amines) is 1. The first-order valence-corrected chi connectivity index (χ1v) is 12.3. The standard InChI is InChI=1S/C21H26FN9O.C4H8F2/c1-12-16(28-24-4)5-6-17(25-12)14-7-10-31-19(14)20(23-3)27-21(29-31)26-18-8-9-30(13(2)32)11-15(18)22;1-4(2-5)3-6/h5-7,10,15,18H,8-9,11H2,1-4H3,(H2,23,26,27,29);4H,2-3H2,1H3. The SMILES string of the molecule is CC(CF)CF.CN=Nc1ccc(-c2ccn3nc(NC4CCN(C(C)=O)CC4F)nc(NC)c23)nc1C. The van der Waals surface area contributed by atoms with Crippen LogP contribution >= 0.6 is 0 Å². The Balaban J connectivity index is 0.000000599. The number of anilines is 2. The van der Waals surface area contributed by atoms with Gasteiger partial charge >= 0.3 is 0 Å². The molecule has 2 unspecified atom stereocenters. The molecule has 0 bridgehead atoms. The van der Waals surface area contributed by atoms with Gasteiger partial charge in [0, 0.05) is 45.2 Å². The quantitative estimate of drug-likeness (QED) is 0.423. The van der Waals surface area contributed by atoms with Gasteiger partial charge in [0.25, 0.3) is 0 Å². The summed E-state index contributed by atoms with van der Waals surface area (Å²) in [6.45, 7) is 4.35. The number of aromatic nitrogens is 4. The number of azo groups is 1. The van der Waals surface area contributed by atoms with E-state index in [9.17, 15) is 18.0 Å². The Morgan fingerprint density at radius 2 is 1.97 bits per heavy atom. The van der Waals surface area contributed by atoms with Gasteiger partial charge in [-0.3, -0.25) is 18.6 Å². The van der Waals surface area contributed by atoms with Crippen LogP contribution in [0.15, 0.2) is 34.6 Å². The number of hydrogen-bond acceptors (Lipinski definition) is 8. The minimum absolute atomic E-state index is 0.0699. The van der Waals surface area contributed by atoms with Gasteiger partial charge in [0.05, 0.1) is 37.3 Å². The molecule has 0 saturated carbocycles. The van der Waals surface area contributed by atoms with E-state index in [1.54, 1.807) is 18.6 Å². The summed E-state index contributed by atoms with van der Waals surface area (Å²) in [5, 5.41) is 18.6. The van der Waals surface area contributed by atoms with Gasteiger partial charge in [-0.05, 0) is 31.5 Å². The highest BCUT2D eigenvalue weighted by molar-refractivity contribution is 5.87. The Bertz CT molecular complexity index is 1260. The molecule has 2 N–H and O–H groups in total. The van der Waals surface area contributed by atoms with Crippen LogP contribution in [-0.2, 0) is 4.79 Å². The summed E-state index contributed by atoms with van der Waals surface area (Å²) in [5.74, 6) is 0.396. The van der Waals surface area contributed by atoms with Crippen LogP contribution in [0.2, 0.25) is 0 Å². The second-order valence-electron chi connectivity index (χ2n) is 9.09. The summed E-state index contributed by atoms with van der Waals surface area (Å²) in [4.78, 5) is 22.3. The van der Waals surface area contributed by atoms with Crippen molar-refractivity contribution in [2.75, 3.05) is 51.2 Å². The monoisotopic (exact) mass is 533 g/mol. The Kier molecular flexibility index (Phi) is 9.97. The zero-order valence-corrected chi connectivity index (χ0v) is 22.2. The first-order valence-electron chi connectivity index (χ1n) is 12.3. The number of carbonyl (C=O) groups is 1. The number of aryl methyl sites for hydroxylation is 1. The van der Waals surface area contributed by atoms with Crippen LogP contribution in [-0.4, -0.2) is 83.1 Å². The van der Waals surface area contributed by atoms with Crippen molar-refractivity contribution in [2.24, 2.45) is 16.1 Å². The third-order valence-electron chi connectivity index (χ3n) is 6.12. The van der Waals surface area contributed by atoms with Gasteiger partial charge in [0.15, 0.2) is 5.82 Å². The topological polar surface area (TPSA) is 112 Å². The molecule has 4 heterocycles. The molecule has 38 heavy (non-hydrogen) atoms. The van der Waals surface area contributed by atoms with E-state index in [1.807, 2.05) is 31.3 Å². The molecule has 1 fully saturated rings. The molecule has 3 aromatic rings. The lowest BCUT2D eigenvalue weighted by atomic mass is 10.0. The lowest BCUT2D eigenvalue weighted by Crippen LogP contribution is -2.49. The third kappa shape index (κ3) is 6.75. The minimum Gasteiger partial charge on any atom is -0.371 e. The van der Waals surface area contributed by atoms with Crippen molar-refractivity contribution in [3.63, 3.8) is 0 Å². The second-order valence-corrected chi connectivity index (χ2v) is 9.09. The minimum atomic E-state index is -1.20. The van der Waals surface area contributed by atoms with Crippen LogP contribution in [0.4, 0.5) is 30.6 Å². The summed E-state index contributed by atoms with van der Waals surface area (Å²) in [6, 6.07) is 5.21. The molecule has 13 heteroatoms. The number of pyridine rings is 1. The number of nitrogens with one attached hydrogen (secondary N) is 2. The first-order chi connectivity index (χ1) is 18.2. The third-order valence-corrected chi connectivity index (χ3v) is 6.12. The van der Waals surface area contributed by atoms with Crippen LogP contribution in [0.5, 0.6) is 0 Å². The van der Waals surface area contributed by atoms with Gasteiger partial charge in [0.1, 0.15) is 17.4 Å². The fourth-order valence-electron chi connectivity index (χ4n) is 3.94. The predicted octanol–water partition coefficient (Wildman–Crippen LogP) is 4.79. The lowest BCUT2D eigenvalue weighted by molar-refractivity contribution is -0.131. The molecule has 10 nitrogen and oxygen atoms in total. The van der Waals surface area contributed by atoms with E-state index < -0.39 is 31.5 Å². The fourth-order valence-corrected chi connectivity index (χ4v) is 3.94. The van der Waals surface area contributed by atoms with Crippen molar-refractivity contribution in [2.45, 2.75) is 39.4 Å². The largest absolute Gasteiger partial charge is 0.371 e. The van der Waals surface area contributed by atoms with Gasteiger partial charge in [-0.25, -0.2) is 8.91 Å². The maximum Gasteiger partial charge on any atom is 0.243 e. The molecule has 0 radical (unpaired) electrons. The number of carbonyl (C=O) groups excluding carboxylic acids is 1. The summed E-state index contributed by atoms with van der Waals surface area (Å²) >= 11 is 0. The Labute approximate surface area is 219 Å². The summed E-state index contributed by atoms with van der Waals surface area (Å²) in [5.41, 5.74) is 3.87. The second kappa shape index (κ2) is 13.2. The number of hydrogen-bond donors (Lipinski definition) is 2. The molecule has 4 rings (SSSR count). The van der Waals surface area contributed by atoms with Crippen molar-refractivity contribution < 1.29 is 18.0 Å². The number of nitrogens with zero attached hydrogens (tertiary/aromatic N) is 7. The van der Waals surface area contributed by atoms with Crippen molar-refractivity contribution in [3.05, 3.63) is 30.1 Å². The number of fused-ring (bicyclic) bond motifs is 1. The average molecular weight is 534 g/mol. The lowest BCUT2D eigenvalue weighted by Gasteiger charge is -2.34. The Morgan fingerprint density at radius 3 is 2.53 bits per heavy atom. The van der Waals surface area contributed by atoms with Gasteiger partial charge in [-0.2, -0.15) is 15.2 Å². The van der Waals surface area contributed by atoms with Crippen LogP contribution in [0.3, 0.4) is 0 Å². The maximum atomic E-state index is 14.6. The number of alkyl halides is 3. The molecule has 1 aliphatic rings. The van der Waals surface area contributed by atoms with Crippen molar-refractivity contribution in [1.82, 2.24) is 24.5 Å². The van der Waals surface area contributed by atoms with Gasteiger partial charge < -0.3 is 15.5 Å². The van der Waals surface area contributed by atoms with E-state index in [0.29, 0.717) is 30.4 Å². The normalized spacial score (nSPS) is 17.6. The van der Waals surface area contributed by atoms with Crippen LogP contribution in [0.25, 0.3) is 16.8 Å². The van der Waals surface area contributed by atoms with E-state index in [4.69, 9.17) is 0 Å². The summed E-state index contributed by atoms with van der Waals surface area (Å²) in [7, 11) is 3.39. The number of amides is 1. The summed E-state index contributed by atoms with van der Waals surface area (Å²) < 4.78 is 38.6. The molecular weight excluding hydrogens is 499 g/mol. The maximum absolute atomic E-state index is 14.6. The van der Waals surface area contributed by atoms with Crippen molar-refractivity contribution >= 4 is 28.9 Å². The van der Waals surface area contributed by atoms with Crippen LogP contribution in [0.1, 0.15) is 26.0 Å². The molecule has 2 atom stereocenters. The highest BCUT2D eigenvalue weighted by Crippen LogP contribution is 2.31. The number of piperidine rings is 1. The van der Waals surface area contributed by atoms with Crippen molar-refractivity contribution in [1.29, 1.82) is 0 Å². The van der Waals surface area contributed by atoms with E-state index in [2.05, 4.69) is 35.9 Å². The zero-order valence-electron chi connectivity index (χ0n) is 22.2.